The fourth-order valence-corrected chi connectivity index (χ4v) is 1.06. The molecule has 0 saturated heterocycles. The van der Waals surface area contributed by atoms with Crippen LogP contribution in [0.5, 0.6) is 0 Å². The maximum absolute atomic E-state index is 13.0. The van der Waals surface area contributed by atoms with Gasteiger partial charge >= 0.3 is 0 Å². The summed E-state index contributed by atoms with van der Waals surface area (Å²) in [4.78, 5) is 20.3. The van der Waals surface area contributed by atoms with Gasteiger partial charge in [-0.05, 0) is 13.0 Å². The Morgan fingerprint density at radius 1 is 1.57 bits per heavy atom. The highest BCUT2D eigenvalue weighted by atomic mass is 19.1. The van der Waals surface area contributed by atoms with Crippen LogP contribution in [0.25, 0.3) is 0 Å². The Kier molecular flexibility index (Phi) is 2.46. The molecule has 6 heteroatoms. The lowest BCUT2D eigenvalue weighted by Crippen LogP contribution is -2.13. The molecule has 0 atom stereocenters. The molecule has 0 heterocycles. The van der Waals surface area contributed by atoms with Crippen LogP contribution in [0, 0.1) is 22.9 Å². The Hall–Kier alpha value is -1.98. The Morgan fingerprint density at radius 2 is 2.14 bits per heavy atom. The van der Waals surface area contributed by atoms with E-state index in [0.29, 0.717) is 6.07 Å². The van der Waals surface area contributed by atoms with Crippen molar-refractivity contribution in [2.45, 2.75) is 6.92 Å². The minimum atomic E-state index is -0.977. The molecular formula is C8H7FN2O3. The summed E-state index contributed by atoms with van der Waals surface area (Å²) < 4.78 is 13.0. The number of halogens is 1. The van der Waals surface area contributed by atoms with Gasteiger partial charge in [0.25, 0.3) is 11.6 Å². The number of hydrogen-bond acceptors (Lipinski definition) is 3. The van der Waals surface area contributed by atoms with Crippen LogP contribution in [0.1, 0.15) is 15.9 Å². The van der Waals surface area contributed by atoms with E-state index < -0.39 is 16.6 Å². The van der Waals surface area contributed by atoms with Crippen molar-refractivity contribution in [3.05, 3.63) is 39.2 Å². The number of carbonyl (C=O) groups is 1. The Balaban J connectivity index is 3.38. The summed E-state index contributed by atoms with van der Waals surface area (Å²) in [6, 6.07) is 1.76. The van der Waals surface area contributed by atoms with E-state index in [9.17, 15) is 19.3 Å². The number of amides is 1. The first kappa shape index (κ1) is 10.1. The second-order valence-electron chi connectivity index (χ2n) is 2.74. The number of benzene rings is 1. The minimum Gasteiger partial charge on any atom is -0.366 e. The Morgan fingerprint density at radius 3 is 2.57 bits per heavy atom. The Labute approximate surface area is 78.5 Å². The third-order valence-corrected chi connectivity index (χ3v) is 1.75. The number of nitro groups is 1. The predicted molar refractivity (Wildman–Crippen MR) is 46.3 cm³/mol. The lowest BCUT2D eigenvalue weighted by Gasteiger charge is -2.01. The largest absolute Gasteiger partial charge is 0.366 e. The van der Waals surface area contributed by atoms with E-state index in [0.717, 1.165) is 6.07 Å². The van der Waals surface area contributed by atoms with Gasteiger partial charge in [-0.3, -0.25) is 14.9 Å². The van der Waals surface area contributed by atoms with E-state index in [4.69, 9.17) is 5.73 Å². The van der Waals surface area contributed by atoms with Gasteiger partial charge in [0.05, 0.1) is 16.6 Å². The lowest BCUT2D eigenvalue weighted by molar-refractivity contribution is -0.385. The van der Waals surface area contributed by atoms with Gasteiger partial charge in [0, 0.05) is 5.56 Å². The van der Waals surface area contributed by atoms with Crippen molar-refractivity contribution in [2.75, 3.05) is 0 Å². The van der Waals surface area contributed by atoms with Gasteiger partial charge in [0.15, 0.2) is 0 Å². The second kappa shape index (κ2) is 3.41. The van der Waals surface area contributed by atoms with Crippen LogP contribution in [0.4, 0.5) is 10.1 Å². The van der Waals surface area contributed by atoms with E-state index in [1.54, 1.807) is 0 Å². The van der Waals surface area contributed by atoms with Crippen LogP contribution in [0.2, 0.25) is 0 Å². The third-order valence-electron chi connectivity index (χ3n) is 1.75. The van der Waals surface area contributed by atoms with Crippen LogP contribution < -0.4 is 5.73 Å². The molecule has 2 N–H and O–H groups in total. The van der Waals surface area contributed by atoms with Crippen molar-refractivity contribution in [1.82, 2.24) is 0 Å². The van der Waals surface area contributed by atoms with Crippen molar-refractivity contribution >= 4 is 11.6 Å². The molecule has 14 heavy (non-hydrogen) atoms. The number of primary amides is 1. The first-order chi connectivity index (χ1) is 6.43. The summed E-state index contributed by atoms with van der Waals surface area (Å²) in [7, 11) is 0. The summed E-state index contributed by atoms with van der Waals surface area (Å²) in [5.41, 5.74) is 4.35. The molecule has 0 spiro atoms. The van der Waals surface area contributed by atoms with Gasteiger partial charge in [-0.2, -0.15) is 0 Å². The molecule has 0 bridgehead atoms. The molecule has 1 aromatic carbocycles. The van der Waals surface area contributed by atoms with Gasteiger partial charge in [-0.25, -0.2) is 4.39 Å². The van der Waals surface area contributed by atoms with Gasteiger partial charge < -0.3 is 5.73 Å². The fourth-order valence-electron chi connectivity index (χ4n) is 1.06. The lowest BCUT2D eigenvalue weighted by atomic mass is 10.1. The van der Waals surface area contributed by atoms with Gasteiger partial charge in [-0.15, -0.1) is 0 Å². The Bertz CT molecular complexity index is 378. The number of nitro benzene ring substituents is 1. The number of nitrogens with zero attached hydrogens (tertiary/aromatic N) is 1. The standard InChI is InChI=1S/C8H7FN2O3/c1-4-2-5(8(10)12)6(9)3-7(4)11(13)14/h2-3H,1H3,(H2,10,12). The molecule has 0 radical (unpaired) electrons. The number of nitrogens with two attached hydrogens (primary N) is 1. The van der Waals surface area contributed by atoms with Crippen molar-refractivity contribution in [3.63, 3.8) is 0 Å². The molecule has 1 aromatic rings. The van der Waals surface area contributed by atoms with Crippen LogP contribution in [-0.4, -0.2) is 10.8 Å². The zero-order chi connectivity index (χ0) is 10.9. The van der Waals surface area contributed by atoms with Crippen LogP contribution in [0.3, 0.4) is 0 Å². The topological polar surface area (TPSA) is 86.2 Å². The van der Waals surface area contributed by atoms with E-state index in [2.05, 4.69) is 0 Å². The number of aryl methyl sites for hydroxylation is 1. The highest BCUT2D eigenvalue weighted by molar-refractivity contribution is 5.93. The van der Waals surface area contributed by atoms with Gasteiger partial charge in [0.1, 0.15) is 5.82 Å². The summed E-state index contributed by atoms with van der Waals surface area (Å²) in [5.74, 6) is -1.92. The molecule has 0 saturated carbocycles. The highest BCUT2D eigenvalue weighted by Gasteiger charge is 2.17. The molecule has 1 amide bonds. The maximum atomic E-state index is 13.0. The molecule has 0 unspecified atom stereocenters. The molecular weight excluding hydrogens is 191 g/mol. The molecule has 0 aliphatic heterocycles. The average Bonchev–Trinajstić information content (AvgIpc) is 2.07. The summed E-state index contributed by atoms with van der Waals surface area (Å²) in [6.45, 7) is 1.41. The first-order valence-corrected chi connectivity index (χ1v) is 3.68. The number of rotatable bonds is 2. The van der Waals surface area contributed by atoms with Crippen LogP contribution >= 0.6 is 0 Å². The minimum absolute atomic E-state index is 0.199. The normalized spacial score (nSPS) is 9.86. The van der Waals surface area contributed by atoms with Crippen LogP contribution in [-0.2, 0) is 0 Å². The summed E-state index contributed by atoms with van der Waals surface area (Å²) >= 11 is 0. The zero-order valence-electron chi connectivity index (χ0n) is 7.28. The average molecular weight is 198 g/mol. The zero-order valence-corrected chi connectivity index (χ0v) is 7.28. The van der Waals surface area contributed by atoms with Crippen molar-refractivity contribution in [2.24, 2.45) is 5.73 Å². The third kappa shape index (κ3) is 1.68. The van der Waals surface area contributed by atoms with Crippen molar-refractivity contribution in [1.29, 1.82) is 0 Å². The predicted octanol–water partition coefficient (Wildman–Crippen LogP) is 1.14. The van der Waals surface area contributed by atoms with Crippen LogP contribution in [0.15, 0.2) is 12.1 Å². The smallest absolute Gasteiger partial charge is 0.275 e. The highest BCUT2D eigenvalue weighted by Crippen LogP contribution is 2.21. The summed E-state index contributed by atoms with van der Waals surface area (Å²) in [6.07, 6.45) is 0. The van der Waals surface area contributed by atoms with E-state index in [-0.39, 0.29) is 16.8 Å². The van der Waals surface area contributed by atoms with Gasteiger partial charge in [-0.1, -0.05) is 0 Å². The molecule has 0 aliphatic carbocycles. The van der Waals surface area contributed by atoms with Gasteiger partial charge in [0.2, 0.25) is 0 Å². The van der Waals surface area contributed by atoms with E-state index in [1.165, 1.54) is 6.92 Å². The molecule has 0 aromatic heterocycles. The fraction of sp³-hybridized carbons (Fsp3) is 0.125. The molecule has 74 valence electrons. The number of hydrogen-bond donors (Lipinski definition) is 1. The van der Waals surface area contributed by atoms with E-state index in [1.807, 2.05) is 0 Å². The molecule has 5 nitrogen and oxygen atoms in total. The SMILES string of the molecule is Cc1cc(C(N)=O)c(F)cc1[N+](=O)[O-]. The van der Waals surface area contributed by atoms with E-state index >= 15 is 0 Å². The molecule has 1 rings (SSSR count). The quantitative estimate of drug-likeness (QED) is 0.571. The summed E-state index contributed by atoms with van der Waals surface area (Å²) in [5, 5.41) is 10.4. The molecule has 0 fully saturated rings. The number of carbonyl (C=O) groups excluding carboxylic acids is 1. The maximum Gasteiger partial charge on any atom is 0.275 e. The monoisotopic (exact) mass is 198 g/mol. The van der Waals surface area contributed by atoms with Crippen molar-refractivity contribution in [3.8, 4) is 0 Å². The first-order valence-electron chi connectivity index (χ1n) is 3.68. The van der Waals surface area contributed by atoms with Crippen molar-refractivity contribution < 1.29 is 14.1 Å². The molecule has 0 aliphatic rings. The second-order valence-corrected chi connectivity index (χ2v) is 2.74.